The number of likely N-dealkylation sites (tertiary alicyclic amines) is 1. The second kappa shape index (κ2) is 5.40. The first-order chi connectivity index (χ1) is 9.15. The van der Waals surface area contributed by atoms with E-state index in [2.05, 4.69) is 17.0 Å². The molecule has 19 heavy (non-hydrogen) atoms. The minimum Gasteiger partial charge on any atom is -0.798 e. The van der Waals surface area contributed by atoms with Crippen molar-refractivity contribution in [2.24, 2.45) is 0 Å². The van der Waals surface area contributed by atoms with Crippen LogP contribution in [0.25, 0.3) is 0 Å². The molecule has 1 heterocycles. The van der Waals surface area contributed by atoms with E-state index >= 15 is 0 Å². The van der Waals surface area contributed by atoms with Crippen LogP contribution in [-0.2, 0) is 17.4 Å². The number of benzene rings is 1. The minimum absolute atomic E-state index is 0.174. The molecule has 0 bridgehead atoms. The lowest BCUT2D eigenvalue weighted by atomic mass is 10.1. The molecule has 1 aliphatic carbocycles. The number of hydrogen-bond donors (Lipinski definition) is 0. The molecule has 104 valence electrons. The fraction of sp³-hybridized carbons (Fsp3) is 0.600. The zero-order chi connectivity index (χ0) is 13.3. The van der Waals surface area contributed by atoms with Crippen LogP contribution in [0, 0.1) is 0 Å². The standard InChI is InChI=1S/C15H22NO2P/c17-19(18,12-16-8-4-1-5-9-16)15-10-13-6-2-3-7-14(13)11-15/h2-3,6-7,15H,1,4-5,8-12H2,(H,17,18)/p-1. The molecule has 1 atom stereocenters. The predicted molar refractivity (Wildman–Crippen MR) is 75.5 cm³/mol. The highest BCUT2D eigenvalue weighted by molar-refractivity contribution is 7.57. The summed E-state index contributed by atoms with van der Waals surface area (Å²) in [6.07, 6.45) is 5.24. The monoisotopic (exact) mass is 278 g/mol. The van der Waals surface area contributed by atoms with Crippen LogP contribution < -0.4 is 4.89 Å². The van der Waals surface area contributed by atoms with Gasteiger partial charge in [-0.2, -0.15) is 0 Å². The molecular weight excluding hydrogens is 257 g/mol. The summed E-state index contributed by atoms with van der Waals surface area (Å²) in [7, 11) is -3.32. The Morgan fingerprint density at radius 2 is 1.68 bits per heavy atom. The molecule has 2 aliphatic rings. The first-order valence-corrected chi connectivity index (χ1v) is 9.12. The molecule has 1 fully saturated rings. The Morgan fingerprint density at radius 3 is 2.26 bits per heavy atom. The highest BCUT2D eigenvalue weighted by Gasteiger charge is 2.30. The maximum atomic E-state index is 12.6. The van der Waals surface area contributed by atoms with Crippen molar-refractivity contribution in [3.05, 3.63) is 35.4 Å². The average molecular weight is 278 g/mol. The highest BCUT2D eigenvalue weighted by atomic mass is 31.2. The Bertz CT molecular complexity index is 472. The van der Waals surface area contributed by atoms with Gasteiger partial charge >= 0.3 is 0 Å². The van der Waals surface area contributed by atoms with Crippen molar-refractivity contribution in [2.45, 2.75) is 37.8 Å². The zero-order valence-corrected chi connectivity index (χ0v) is 12.1. The van der Waals surface area contributed by atoms with Gasteiger partial charge in [-0.15, -0.1) is 0 Å². The van der Waals surface area contributed by atoms with Gasteiger partial charge in [-0.3, -0.25) is 4.90 Å². The molecule has 0 amide bonds. The fourth-order valence-electron chi connectivity index (χ4n) is 3.31. The molecule has 3 nitrogen and oxygen atoms in total. The molecule has 1 saturated heterocycles. The van der Waals surface area contributed by atoms with Gasteiger partial charge in [0.15, 0.2) is 0 Å². The smallest absolute Gasteiger partial charge is 0.0394 e. The van der Waals surface area contributed by atoms with Gasteiger partial charge in [-0.1, -0.05) is 30.7 Å². The number of nitrogens with zero attached hydrogens (tertiary/aromatic N) is 1. The van der Waals surface area contributed by atoms with Crippen molar-refractivity contribution in [1.82, 2.24) is 4.90 Å². The van der Waals surface area contributed by atoms with E-state index in [0.717, 1.165) is 25.9 Å². The Kier molecular flexibility index (Phi) is 3.79. The van der Waals surface area contributed by atoms with E-state index < -0.39 is 7.37 Å². The minimum atomic E-state index is -3.32. The Morgan fingerprint density at radius 1 is 1.11 bits per heavy atom. The van der Waals surface area contributed by atoms with E-state index in [1.165, 1.54) is 17.5 Å². The van der Waals surface area contributed by atoms with E-state index in [1.54, 1.807) is 0 Å². The van der Waals surface area contributed by atoms with Gasteiger partial charge in [0.2, 0.25) is 0 Å². The number of fused-ring (bicyclic) bond motifs is 1. The average Bonchev–Trinajstić information content (AvgIpc) is 2.84. The quantitative estimate of drug-likeness (QED) is 0.796. The van der Waals surface area contributed by atoms with Gasteiger partial charge in [0, 0.05) is 19.3 Å². The Labute approximate surface area is 115 Å². The van der Waals surface area contributed by atoms with Crippen LogP contribution in [0.3, 0.4) is 0 Å². The van der Waals surface area contributed by atoms with Crippen LogP contribution in [0.5, 0.6) is 0 Å². The first kappa shape index (κ1) is 13.4. The third-order valence-corrected chi connectivity index (χ3v) is 6.70. The van der Waals surface area contributed by atoms with Crippen molar-refractivity contribution >= 4 is 7.37 Å². The maximum absolute atomic E-state index is 12.6. The molecule has 3 rings (SSSR count). The van der Waals surface area contributed by atoms with Crippen molar-refractivity contribution in [2.75, 3.05) is 19.4 Å². The summed E-state index contributed by atoms with van der Waals surface area (Å²) < 4.78 is 12.6. The van der Waals surface area contributed by atoms with E-state index in [9.17, 15) is 9.46 Å². The lowest BCUT2D eigenvalue weighted by Crippen LogP contribution is -2.35. The van der Waals surface area contributed by atoms with E-state index in [1.807, 2.05) is 12.1 Å². The molecule has 0 saturated carbocycles. The molecule has 1 unspecified atom stereocenters. The van der Waals surface area contributed by atoms with Gasteiger partial charge in [-0.25, -0.2) is 0 Å². The topological polar surface area (TPSA) is 43.4 Å². The summed E-state index contributed by atoms with van der Waals surface area (Å²) in [5.41, 5.74) is 2.27. The third kappa shape index (κ3) is 2.94. The normalized spacial score (nSPS) is 24.1. The highest BCUT2D eigenvalue weighted by Crippen LogP contribution is 2.48. The van der Waals surface area contributed by atoms with Crippen molar-refractivity contribution in [3.8, 4) is 0 Å². The molecule has 1 aliphatic heterocycles. The predicted octanol–water partition coefficient (Wildman–Crippen LogP) is 2.24. The summed E-state index contributed by atoms with van der Waals surface area (Å²) in [5.74, 6) is 0. The van der Waals surface area contributed by atoms with Crippen LogP contribution in [0.4, 0.5) is 0 Å². The van der Waals surface area contributed by atoms with Crippen molar-refractivity contribution in [3.63, 3.8) is 0 Å². The summed E-state index contributed by atoms with van der Waals surface area (Å²) in [6, 6.07) is 8.13. The number of hydrogen-bond acceptors (Lipinski definition) is 3. The molecule has 0 N–H and O–H groups in total. The lowest BCUT2D eigenvalue weighted by Gasteiger charge is -2.37. The van der Waals surface area contributed by atoms with Crippen LogP contribution in [0.1, 0.15) is 30.4 Å². The van der Waals surface area contributed by atoms with Gasteiger partial charge < -0.3 is 9.46 Å². The Balaban J connectivity index is 1.67. The van der Waals surface area contributed by atoms with Crippen molar-refractivity contribution in [1.29, 1.82) is 0 Å². The first-order valence-electron chi connectivity index (χ1n) is 7.24. The van der Waals surface area contributed by atoms with Gasteiger partial charge in [0.1, 0.15) is 0 Å². The fourth-order valence-corrected chi connectivity index (χ4v) is 5.33. The summed E-state index contributed by atoms with van der Waals surface area (Å²) in [4.78, 5) is 14.7. The molecule has 0 spiro atoms. The van der Waals surface area contributed by atoms with E-state index in [4.69, 9.17) is 0 Å². The number of rotatable bonds is 3. The lowest BCUT2D eigenvalue weighted by molar-refractivity contribution is -0.179. The van der Waals surface area contributed by atoms with Crippen LogP contribution in [-0.4, -0.2) is 29.9 Å². The maximum Gasteiger partial charge on any atom is 0.0394 e. The summed E-state index contributed by atoms with van der Waals surface area (Å²) in [6.45, 7) is 1.90. The molecule has 0 aromatic heterocycles. The van der Waals surface area contributed by atoms with Gasteiger partial charge in [0.25, 0.3) is 0 Å². The zero-order valence-electron chi connectivity index (χ0n) is 11.3. The second-order valence-electron chi connectivity index (χ2n) is 5.88. The number of piperidine rings is 1. The van der Waals surface area contributed by atoms with Crippen molar-refractivity contribution < 1.29 is 9.46 Å². The van der Waals surface area contributed by atoms with Gasteiger partial charge in [-0.05, 0) is 49.9 Å². The molecule has 1 aromatic rings. The summed E-state index contributed by atoms with van der Waals surface area (Å²) in [5, 5.41) is 0. The van der Waals surface area contributed by atoms with Crippen LogP contribution >= 0.6 is 7.37 Å². The van der Waals surface area contributed by atoms with Crippen LogP contribution in [0.2, 0.25) is 0 Å². The second-order valence-corrected chi connectivity index (χ2v) is 8.34. The Hall–Kier alpha value is -0.630. The molecule has 4 heteroatoms. The van der Waals surface area contributed by atoms with Crippen LogP contribution in [0.15, 0.2) is 24.3 Å². The molecule has 0 radical (unpaired) electrons. The SMILES string of the molecule is O=P([O-])(CN1CCCCC1)C1Cc2ccccc2C1. The molecule has 1 aromatic carbocycles. The van der Waals surface area contributed by atoms with Gasteiger partial charge in [0.05, 0.1) is 0 Å². The molecular formula is C15H21NO2P-. The largest absolute Gasteiger partial charge is 0.798 e. The third-order valence-electron chi connectivity index (χ3n) is 4.43. The van der Waals surface area contributed by atoms with E-state index in [0.29, 0.717) is 12.8 Å². The summed E-state index contributed by atoms with van der Waals surface area (Å²) >= 11 is 0. The van der Waals surface area contributed by atoms with E-state index in [-0.39, 0.29) is 11.9 Å².